The van der Waals surface area contributed by atoms with Crippen LogP contribution in [0.1, 0.15) is 53.4 Å². The number of hydrogen-bond acceptors (Lipinski definition) is 7. The molecule has 34 heavy (non-hydrogen) atoms. The maximum Gasteiger partial charge on any atom is 0.326 e. The highest BCUT2D eigenvalue weighted by Crippen LogP contribution is 2.09. The van der Waals surface area contributed by atoms with Gasteiger partial charge in [0, 0.05) is 12.3 Å². The number of hydrogen-bond donors (Lipinski definition) is 8. The molecule has 0 aliphatic rings. The van der Waals surface area contributed by atoms with E-state index < -0.39 is 47.9 Å². The van der Waals surface area contributed by atoms with Gasteiger partial charge in [0.05, 0.1) is 6.04 Å². The van der Waals surface area contributed by atoms with Crippen LogP contribution in [0.2, 0.25) is 0 Å². The van der Waals surface area contributed by atoms with Gasteiger partial charge in [-0.05, 0) is 31.1 Å². The number of guanidine groups is 1. The topological polar surface area (TPSA) is 215 Å². The Morgan fingerprint density at radius 1 is 0.941 bits per heavy atom. The second kappa shape index (κ2) is 16.1. The summed E-state index contributed by atoms with van der Waals surface area (Å²) >= 11 is 4.12. The minimum Gasteiger partial charge on any atom is -0.480 e. The average Bonchev–Trinajstić information content (AvgIpc) is 2.76. The first kappa shape index (κ1) is 31.5. The number of aliphatic imine (C=N–C) groups is 1. The van der Waals surface area contributed by atoms with Crippen LogP contribution in [0.4, 0.5) is 0 Å². The third-order valence-electron chi connectivity index (χ3n) is 5.28. The van der Waals surface area contributed by atoms with Crippen molar-refractivity contribution < 1.29 is 24.3 Å². The molecule has 5 unspecified atom stereocenters. The predicted molar refractivity (Wildman–Crippen MR) is 134 cm³/mol. The van der Waals surface area contributed by atoms with Crippen LogP contribution >= 0.6 is 12.6 Å². The number of amides is 3. The van der Waals surface area contributed by atoms with Crippen molar-refractivity contribution >= 4 is 42.3 Å². The van der Waals surface area contributed by atoms with E-state index in [0.717, 1.165) is 0 Å². The van der Waals surface area contributed by atoms with Gasteiger partial charge in [0.25, 0.3) is 0 Å². The van der Waals surface area contributed by atoms with E-state index in [1.807, 2.05) is 27.7 Å². The van der Waals surface area contributed by atoms with Crippen molar-refractivity contribution in [3.63, 3.8) is 0 Å². The van der Waals surface area contributed by atoms with Gasteiger partial charge in [-0.2, -0.15) is 12.6 Å². The van der Waals surface area contributed by atoms with E-state index in [9.17, 15) is 24.3 Å². The molecule has 0 saturated heterocycles. The van der Waals surface area contributed by atoms with Gasteiger partial charge >= 0.3 is 5.97 Å². The summed E-state index contributed by atoms with van der Waals surface area (Å²) in [6, 6.07) is -3.98. The van der Waals surface area contributed by atoms with E-state index in [4.69, 9.17) is 17.2 Å². The summed E-state index contributed by atoms with van der Waals surface area (Å²) < 4.78 is 0. The minimum absolute atomic E-state index is 0.0701. The fourth-order valence-corrected chi connectivity index (χ4v) is 3.24. The van der Waals surface area contributed by atoms with Crippen LogP contribution in [-0.4, -0.2) is 71.2 Å². The molecule has 12 nitrogen and oxygen atoms in total. The van der Waals surface area contributed by atoms with Crippen LogP contribution < -0.4 is 33.2 Å². The molecule has 0 aromatic carbocycles. The van der Waals surface area contributed by atoms with Gasteiger partial charge in [0.15, 0.2) is 5.96 Å². The molecule has 0 aliphatic carbocycles. The summed E-state index contributed by atoms with van der Waals surface area (Å²) in [5.41, 5.74) is 16.5. The van der Waals surface area contributed by atoms with E-state index in [0.29, 0.717) is 19.3 Å². The molecule has 0 heterocycles. The standard InChI is InChI=1S/C21H41N7O5S/c1-5-12(4)16(22)19(31)27-14(9-11(2)3)17(29)28-15(10-34)18(30)26-13(20(32)33)7-6-8-25-21(23)24/h11-16,34H,5-10,22H2,1-4H3,(H,26,30)(H,27,31)(H,28,29)(H,32,33)(H4,23,24,25). The molecule has 0 bridgehead atoms. The highest BCUT2D eigenvalue weighted by molar-refractivity contribution is 7.80. The van der Waals surface area contributed by atoms with E-state index in [2.05, 4.69) is 33.6 Å². The zero-order valence-corrected chi connectivity index (χ0v) is 21.3. The first-order valence-electron chi connectivity index (χ1n) is 11.4. The maximum atomic E-state index is 12.9. The van der Waals surface area contributed by atoms with Crippen LogP contribution in [0, 0.1) is 11.8 Å². The van der Waals surface area contributed by atoms with Gasteiger partial charge < -0.3 is 38.3 Å². The van der Waals surface area contributed by atoms with Crippen molar-refractivity contribution in [1.82, 2.24) is 16.0 Å². The Morgan fingerprint density at radius 2 is 1.47 bits per heavy atom. The van der Waals surface area contributed by atoms with Crippen molar-refractivity contribution in [3.05, 3.63) is 0 Å². The number of nitrogens with two attached hydrogens (primary N) is 3. The zero-order chi connectivity index (χ0) is 26.4. The van der Waals surface area contributed by atoms with Crippen LogP contribution in [0.3, 0.4) is 0 Å². The number of carboxylic acid groups (broad SMARTS) is 1. The lowest BCUT2D eigenvalue weighted by Crippen LogP contribution is -2.58. The number of rotatable bonds is 16. The molecular formula is C21H41N7O5S. The van der Waals surface area contributed by atoms with Gasteiger partial charge in [-0.3, -0.25) is 19.4 Å². The fourth-order valence-electron chi connectivity index (χ4n) is 2.98. The second-order valence-corrected chi connectivity index (χ2v) is 9.06. The number of nitrogens with one attached hydrogen (secondary N) is 3. The van der Waals surface area contributed by atoms with Crippen LogP contribution in [-0.2, 0) is 19.2 Å². The van der Waals surface area contributed by atoms with Crippen molar-refractivity contribution in [2.45, 2.75) is 77.5 Å². The van der Waals surface area contributed by atoms with Gasteiger partial charge in [0.2, 0.25) is 17.7 Å². The van der Waals surface area contributed by atoms with E-state index in [1.54, 1.807) is 0 Å². The number of aliphatic carboxylic acids is 1. The molecule has 0 aromatic rings. The molecule has 196 valence electrons. The molecule has 0 spiro atoms. The largest absolute Gasteiger partial charge is 0.480 e. The van der Waals surface area contributed by atoms with Crippen molar-refractivity contribution in [1.29, 1.82) is 0 Å². The summed E-state index contributed by atoms with van der Waals surface area (Å²) in [7, 11) is 0. The minimum atomic E-state index is -1.23. The number of thiol groups is 1. The number of nitrogens with zero attached hydrogens (tertiary/aromatic N) is 1. The Bertz CT molecular complexity index is 716. The Kier molecular flexibility index (Phi) is 14.9. The Morgan fingerprint density at radius 3 is 1.94 bits per heavy atom. The lowest BCUT2D eigenvalue weighted by molar-refractivity contribution is -0.142. The van der Waals surface area contributed by atoms with Crippen LogP contribution in [0.15, 0.2) is 4.99 Å². The molecule has 0 radical (unpaired) electrons. The van der Waals surface area contributed by atoms with Crippen LogP contribution in [0.5, 0.6) is 0 Å². The second-order valence-electron chi connectivity index (χ2n) is 8.69. The third-order valence-corrected chi connectivity index (χ3v) is 5.64. The number of carboxylic acids is 1. The number of carbonyl (C=O) groups is 4. The molecular weight excluding hydrogens is 462 g/mol. The molecule has 0 fully saturated rings. The lowest BCUT2D eigenvalue weighted by atomic mass is 9.97. The molecule has 5 atom stereocenters. The fraction of sp³-hybridized carbons (Fsp3) is 0.762. The summed E-state index contributed by atoms with van der Waals surface area (Å²) in [4.78, 5) is 53.4. The quantitative estimate of drug-likeness (QED) is 0.0560. The van der Waals surface area contributed by atoms with Crippen molar-refractivity contribution in [2.75, 3.05) is 12.3 Å². The van der Waals surface area contributed by atoms with Crippen molar-refractivity contribution in [2.24, 2.45) is 34.0 Å². The molecule has 10 N–H and O–H groups in total. The normalized spacial score (nSPS) is 15.4. The number of carbonyl (C=O) groups excluding carboxylic acids is 3. The summed E-state index contributed by atoms with van der Waals surface area (Å²) in [6.07, 6.45) is 1.44. The molecule has 0 aromatic heterocycles. The summed E-state index contributed by atoms with van der Waals surface area (Å²) in [5.74, 6) is -3.15. The highest BCUT2D eigenvalue weighted by atomic mass is 32.1. The van der Waals surface area contributed by atoms with Gasteiger partial charge in [-0.25, -0.2) is 4.79 Å². The van der Waals surface area contributed by atoms with E-state index in [-0.39, 0.29) is 36.5 Å². The highest BCUT2D eigenvalue weighted by Gasteiger charge is 2.30. The molecule has 3 amide bonds. The molecule has 13 heteroatoms. The summed E-state index contributed by atoms with van der Waals surface area (Å²) in [5, 5.41) is 17.0. The average molecular weight is 504 g/mol. The predicted octanol–water partition coefficient (Wildman–Crippen LogP) is -1.07. The SMILES string of the molecule is CCC(C)C(N)C(=O)NC(CC(C)C)C(=O)NC(CS)C(=O)NC(CCCN=C(N)N)C(=O)O. The third kappa shape index (κ3) is 12.1. The Balaban J connectivity index is 5.22. The Hall–Kier alpha value is -2.54. The Labute approximate surface area is 206 Å². The van der Waals surface area contributed by atoms with Crippen molar-refractivity contribution in [3.8, 4) is 0 Å². The first-order valence-corrected chi connectivity index (χ1v) is 12.0. The molecule has 0 saturated carbocycles. The monoisotopic (exact) mass is 503 g/mol. The summed E-state index contributed by atoms with van der Waals surface area (Å²) in [6.45, 7) is 7.76. The van der Waals surface area contributed by atoms with Gasteiger partial charge in [-0.1, -0.05) is 34.1 Å². The van der Waals surface area contributed by atoms with E-state index >= 15 is 0 Å². The van der Waals surface area contributed by atoms with Crippen LogP contribution in [0.25, 0.3) is 0 Å². The smallest absolute Gasteiger partial charge is 0.326 e. The van der Waals surface area contributed by atoms with Gasteiger partial charge in [-0.15, -0.1) is 0 Å². The maximum absolute atomic E-state index is 12.9. The molecule has 0 rings (SSSR count). The molecule has 0 aliphatic heterocycles. The van der Waals surface area contributed by atoms with Gasteiger partial charge in [0.1, 0.15) is 18.1 Å². The van der Waals surface area contributed by atoms with E-state index in [1.165, 1.54) is 0 Å². The first-order chi connectivity index (χ1) is 15.8. The lowest BCUT2D eigenvalue weighted by Gasteiger charge is -2.26. The zero-order valence-electron chi connectivity index (χ0n) is 20.4.